The molecular weight excluding hydrogens is 469 g/mol. The molecule has 0 aliphatic carbocycles. The number of fused-ring (bicyclic) bond motifs is 3. The molecule has 2 heterocycles. The zero-order valence-corrected chi connectivity index (χ0v) is 19.7. The molecule has 0 spiro atoms. The van der Waals surface area contributed by atoms with Crippen molar-refractivity contribution in [2.45, 2.75) is 19.4 Å². The highest BCUT2D eigenvalue weighted by Gasteiger charge is 2.35. The highest BCUT2D eigenvalue weighted by molar-refractivity contribution is 6.31. The fourth-order valence-corrected chi connectivity index (χ4v) is 4.81. The van der Waals surface area contributed by atoms with E-state index >= 15 is 0 Å². The summed E-state index contributed by atoms with van der Waals surface area (Å²) in [5.74, 6) is -0.862. The third-order valence-electron chi connectivity index (χ3n) is 6.20. The zero-order chi connectivity index (χ0) is 24.5. The van der Waals surface area contributed by atoms with Crippen LogP contribution in [0.2, 0.25) is 5.02 Å². The van der Waals surface area contributed by atoms with Gasteiger partial charge in [0.05, 0.1) is 23.9 Å². The van der Waals surface area contributed by atoms with Crippen molar-refractivity contribution in [3.8, 4) is 0 Å². The molecule has 2 amide bonds. The van der Waals surface area contributed by atoms with Crippen molar-refractivity contribution in [1.82, 2.24) is 9.88 Å². The van der Waals surface area contributed by atoms with Crippen LogP contribution in [0, 0.1) is 5.82 Å². The van der Waals surface area contributed by atoms with Gasteiger partial charge in [0.25, 0.3) is 0 Å². The van der Waals surface area contributed by atoms with Gasteiger partial charge in [0.2, 0.25) is 0 Å². The number of benzene rings is 3. The maximum Gasteiger partial charge on any atom is 0.340 e. The summed E-state index contributed by atoms with van der Waals surface area (Å²) < 4.78 is 18.9. The predicted molar refractivity (Wildman–Crippen MR) is 133 cm³/mol. The van der Waals surface area contributed by atoms with Gasteiger partial charge in [-0.1, -0.05) is 35.9 Å². The number of nitrogens with one attached hydrogen (secondary N) is 2. The average Bonchev–Trinajstić information content (AvgIpc) is 3.22. The Bertz CT molecular complexity index is 1420. The number of urea groups is 1. The molecule has 3 aromatic carbocycles. The molecule has 8 heteroatoms. The molecular formula is C27H23ClFN3O3. The predicted octanol–water partition coefficient (Wildman–Crippen LogP) is 6.32. The molecule has 0 fully saturated rings. The minimum atomic E-state index is -0.507. The Morgan fingerprint density at radius 2 is 1.91 bits per heavy atom. The zero-order valence-electron chi connectivity index (χ0n) is 19.0. The number of hydrogen-bond donors (Lipinski definition) is 2. The molecule has 0 bridgehead atoms. The summed E-state index contributed by atoms with van der Waals surface area (Å²) in [7, 11) is 0. The standard InChI is InChI=1S/C27H23ClFN3O3/c1-2-35-26(33)20-5-3-4-6-22(20)31-27(34)32-14-13-19-21-15-17(28)9-12-23(21)30-24(19)25(32)16-7-10-18(29)11-8-16/h3-12,15,25,30H,2,13-14H2,1H3,(H,31,34)/t25-/m0/s1. The van der Waals surface area contributed by atoms with Gasteiger partial charge >= 0.3 is 12.0 Å². The van der Waals surface area contributed by atoms with Crippen LogP contribution in [0.1, 0.15) is 40.1 Å². The summed E-state index contributed by atoms with van der Waals surface area (Å²) in [5.41, 5.74) is 4.25. The van der Waals surface area contributed by atoms with E-state index in [-0.39, 0.29) is 24.0 Å². The molecule has 0 unspecified atom stereocenters. The second kappa shape index (κ2) is 9.43. The van der Waals surface area contributed by atoms with Crippen LogP contribution >= 0.6 is 11.6 Å². The summed E-state index contributed by atoms with van der Waals surface area (Å²) in [6.45, 7) is 2.38. The molecule has 1 aliphatic rings. The van der Waals surface area contributed by atoms with Gasteiger partial charge in [0.1, 0.15) is 5.82 Å². The van der Waals surface area contributed by atoms with Crippen LogP contribution in [0.4, 0.5) is 14.9 Å². The van der Waals surface area contributed by atoms with Crippen LogP contribution < -0.4 is 5.32 Å². The van der Waals surface area contributed by atoms with Crippen LogP contribution in [0.15, 0.2) is 66.7 Å². The fourth-order valence-electron chi connectivity index (χ4n) is 4.64. The first-order valence-electron chi connectivity index (χ1n) is 11.4. The van der Waals surface area contributed by atoms with Gasteiger partial charge < -0.3 is 19.9 Å². The van der Waals surface area contributed by atoms with Gasteiger partial charge in [-0.15, -0.1) is 0 Å². The van der Waals surface area contributed by atoms with Crippen LogP contribution in [-0.2, 0) is 11.2 Å². The lowest BCUT2D eigenvalue weighted by molar-refractivity contribution is 0.0527. The van der Waals surface area contributed by atoms with Crippen molar-refractivity contribution in [2.75, 3.05) is 18.5 Å². The molecule has 1 aliphatic heterocycles. The Hall–Kier alpha value is -3.84. The molecule has 35 heavy (non-hydrogen) atoms. The smallest absolute Gasteiger partial charge is 0.340 e. The van der Waals surface area contributed by atoms with E-state index in [0.29, 0.717) is 23.7 Å². The van der Waals surface area contributed by atoms with Crippen molar-refractivity contribution in [3.05, 3.63) is 100.0 Å². The number of para-hydroxylation sites is 1. The number of carbonyl (C=O) groups is 2. The Kier molecular flexibility index (Phi) is 6.17. The molecule has 0 saturated carbocycles. The first-order valence-corrected chi connectivity index (χ1v) is 11.7. The van der Waals surface area contributed by atoms with Crippen molar-refractivity contribution in [3.63, 3.8) is 0 Å². The Labute approximate surface area is 206 Å². The summed E-state index contributed by atoms with van der Waals surface area (Å²) in [4.78, 5) is 31.1. The van der Waals surface area contributed by atoms with Crippen molar-refractivity contribution >= 4 is 40.2 Å². The summed E-state index contributed by atoms with van der Waals surface area (Å²) >= 11 is 6.25. The van der Waals surface area contributed by atoms with E-state index in [1.54, 1.807) is 48.2 Å². The van der Waals surface area contributed by atoms with E-state index in [2.05, 4.69) is 10.3 Å². The number of hydrogen-bond acceptors (Lipinski definition) is 3. The maximum atomic E-state index is 13.7. The number of aromatic amines is 1. The van der Waals surface area contributed by atoms with Crippen LogP contribution in [-0.4, -0.2) is 35.0 Å². The maximum absolute atomic E-state index is 13.7. The fraction of sp³-hybridized carbons (Fsp3) is 0.185. The number of ether oxygens (including phenoxy) is 1. The van der Waals surface area contributed by atoms with Crippen LogP contribution in [0.25, 0.3) is 10.9 Å². The Balaban J connectivity index is 1.55. The van der Waals surface area contributed by atoms with E-state index in [1.165, 1.54) is 12.1 Å². The van der Waals surface area contributed by atoms with E-state index in [0.717, 1.165) is 27.7 Å². The van der Waals surface area contributed by atoms with E-state index in [4.69, 9.17) is 16.3 Å². The van der Waals surface area contributed by atoms with Crippen molar-refractivity contribution in [2.24, 2.45) is 0 Å². The highest BCUT2D eigenvalue weighted by atomic mass is 35.5. The van der Waals surface area contributed by atoms with Crippen molar-refractivity contribution in [1.29, 1.82) is 0 Å². The first-order chi connectivity index (χ1) is 17.0. The molecule has 0 radical (unpaired) electrons. The van der Waals surface area contributed by atoms with Gasteiger partial charge in [-0.05, 0) is 66.9 Å². The molecule has 5 rings (SSSR count). The first kappa shape index (κ1) is 22.9. The molecule has 178 valence electrons. The van der Waals surface area contributed by atoms with Gasteiger partial charge in [0, 0.05) is 28.2 Å². The number of rotatable bonds is 4. The normalized spacial score (nSPS) is 15.1. The lowest BCUT2D eigenvalue weighted by Crippen LogP contribution is -2.43. The number of H-pyrrole nitrogens is 1. The molecule has 0 saturated heterocycles. The minimum absolute atomic E-state index is 0.229. The molecule has 2 N–H and O–H groups in total. The van der Waals surface area contributed by atoms with Gasteiger partial charge in [-0.25, -0.2) is 14.0 Å². The van der Waals surface area contributed by atoms with E-state index < -0.39 is 12.0 Å². The third-order valence-corrected chi connectivity index (χ3v) is 6.43. The van der Waals surface area contributed by atoms with E-state index in [9.17, 15) is 14.0 Å². The van der Waals surface area contributed by atoms with Crippen LogP contribution in [0.3, 0.4) is 0 Å². The minimum Gasteiger partial charge on any atom is -0.462 e. The number of carbonyl (C=O) groups excluding carboxylic acids is 2. The second-order valence-corrected chi connectivity index (χ2v) is 8.74. The average molecular weight is 492 g/mol. The summed E-state index contributed by atoms with van der Waals surface area (Å²) in [6.07, 6.45) is 0.611. The van der Waals surface area contributed by atoms with Gasteiger partial charge in [0.15, 0.2) is 0 Å². The second-order valence-electron chi connectivity index (χ2n) is 8.30. The summed E-state index contributed by atoms with van der Waals surface area (Å²) in [6, 6.07) is 17.6. The Morgan fingerprint density at radius 3 is 2.69 bits per heavy atom. The monoisotopic (exact) mass is 491 g/mol. The quantitative estimate of drug-likeness (QED) is 0.328. The lowest BCUT2D eigenvalue weighted by atomic mass is 9.92. The lowest BCUT2D eigenvalue weighted by Gasteiger charge is -2.36. The largest absolute Gasteiger partial charge is 0.462 e. The topological polar surface area (TPSA) is 74.4 Å². The molecule has 1 aromatic heterocycles. The van der Waals surface area contributed by atoms with Gasteiger partial charge in [-0.2, -0.15) is 0 Å². The number of amides is 2. The number of anilines is 1. The number of nitrogens with zero attached hydrogens (tertiary/aromatic N) is 1. The molecule has 4 aromatic rings. The Morgan fingerprint density at radius 1 is 1.14 bits per heavy atom. The number of esters is 1. The van der Waals surface area contributed by atoms with E-state index in [1.807, 2.05) is 18.2 Å². The van der Waals surface area contributed by atoms with Gasteiger partial charge in [-0.3, -0.25) is 0 Å². The summed E-state index contributed by atoms with van der Waals surface area (Å²) in [5, 5.41) is 4.52. The van der Waals surface area contributed by atoms with Crippen LogP contribution in [0.5, 0.6) is 0 Å². The third kappa shape index (κ3) is 4.35. The SMILES string of the molecule is CCOC(=O)c1ccccc1NC(=O)N1CCc2c([nH]c3ccc(Cl)cc23)[C@@H]1c1ccc(F)cc1. The van der Waals surface area contributed by atoms with Crippen molar-refractivity contribution < 1.29 is 18.7 Å². The molecule has 6 nitrogen and oxygen atoms in total. The highest BCUT2D eigenvalue weighted by Crippen LogP contribution is 2.39. The number of aromatic nitrogens is 1. The number of halogens is 2. The molecule has 1 atom stereocenters.